The lowest BCUT2D eigenvalue weighted by molar-refractivity contribution is 0.0597. The number of methoxy groups -OCH3 is 1. The Labute approximate surface area is 233 Å². The molecule has 2 heterocycles. The van der Waals surface area contributed by atoms with E-state index < -0.39 is 0 Å². The van der Waals surface area contributed by atoms with E-state index in [-0.39, 0.29) is 11.9 Å². The molecule has 0 spiro atoms. The average Bonchev–Trinajstić information content (AvgIpc) is 3.65. The van der Waals surface area contributed by atoms with Crippen molar-refractivity contribution in [2.75, 3.05) is 13.7 Å². The minimum Gasteiger partial charge on any atom is -0.497 e. The predicted molar refractivity (Wildman–Crippen MR) is 155 cm³/mol. The van der Waals surface area contributed by atoms with E-state index in [1.807, 2.05) is 18.2 Å². The van der Waals surface area contributed by atoms with E-state index in [9.17, 15) is 4.79 Å². The molecule has 1 unspecified atom stereocenters. The molecule has 1 saturated carbocycles. The van der Waals surface area contributed by atoms with Gasteiger partial charge >= 0.3 is 0 Å². The number of hydrogen-bond donors (Lipinski definition) is 0. The highest BCUT2D eigenvalue weighted by atomic mass is 79.9. The quantitative estimate of drug-likeness (QED) is 0.238. The van der Waals surface area contributed by atoms with Crippen molar-refractivity contribution in [3.05, 3.63) is 87.1 Å². The normalized spacial score (nSPS) is 17.7. The van der Waals surface area contributed by atoms with Crippen molar-refractivity contribution < 1.29 is 9.53 Å². The van der Waals surface area contributed by atoms with Gasteiger partial charge < -0.3 is 9.64 Å². The first kappa shape index (κ1) is 25.2. The summed E-state index contributed by atoms with van der Waals surface area (Å²) >= 11 is 3.61. The third-order valence-corrected chi connectivity index (χ3v) is 8.56. The van der Waals surface area contributed by atoms with Gasteiger partial charge in [-0.15, -0.1) is 0 Å². The minimum absolute atomic E-state index is 0.102. The molecule has 0 bridgehead atoms. The molecular formula is C32H34BrN3O2. The van der Waals surface area contributed by atoms with Crippen LogP contribution in [0.4, 0.5) is 0 Å². The van der Waals surface area contributed by atoms with E-state index in [1.54, 1.807) is 7.11 Å². The van der Waals surface area contributed by atoms with Crippen LogP contribution in [0.1, 0.15) is 71.0 Å². The second-order valence-electron chi connectivity index (χ2n) is 10.9. The zero-order valence-corrected chi connectivity index (χ0v) is 23.9. The first-order chi connectivity index (χ1) is 18.4. The monoisotopic (exact) mass is 571 g/mol. The Morgan fingerprint density at radius 1 is 1.00 bits per heavy atom. The fourth-order valence-corrected chi connectivity index (χ4v) is 6.40. The number of fused-ring (bicyclic) bond motifs is 1. The molecule has 196 valence electrons. The Hall–Kier alpha value is -3.12. The molecule has 1 aromatic heterocycles. The summed E-state index contributed by atoms with van der Waals surface area (Å²) in [6.07, 6.45) is 6.77. The number of halogens is 1. The molecule has 1 saturated heterocycles. The van der Waals surface area contributed by atoms with Crippen LogP contribution in [-0.4, -0.2) is 34.0 Å². The van der Waals surface area contributed by atoms with Gasteiger partial charge in [-0.1, -0.05) is 28.1 Å². The number of benzene rings is 3. The number of piperidine rings is 1. The number of rotatable bonds is 6. The lowest BCUT2D eigenvalue weighted by Gasteiger charge is -2.36. The second-order valence-corrected chi connectivity index (χ2v) is 11.8. The van der Waals surface area contributed by atoms with Crippen LogP contribution in [0, 0.1) is 19.8 Å². The summed E-state index contributed by atoms with van der Waals surface area (Å²) in [4.78, 5) is 21.5. The van der Waals surface area contributed by atoms with E-state index in [0.29, 0.717) is 0 Å². The van der Waals surface area contributed by atoms with Gasteiger partial charge in [0, 0.05) is 22.3 Å². The topological polar surface area (TPSA) is 47.4 Å². The number of nitrogens with zero attached hydrogens (tertiary/aromatic N) is 3. The standard InChI is InChI=1S/C32H34BrN3O2/c1-20-16-23(18-22-7-8-22)17-21(2)30(20)32(37)35-15-5-4-6-29(35)31-34-27-19-24(33)9-14-28(27)36(31)25-10-12-26(38-3)13-11-25/h9-14,16-17,19,22,29H,4-8,15,18H2,1-3H3. The first-order valence-corrected chi connectivity index (χ1v) is 14.5. The van der Waals surface area contributed by atoms with Crippen LogP contribution in [0.2, 0.25) is 0 Å². The van der Waals surface area contributed by atoms with Crippen molar-refractivity contribution in [2.24, 2.45) is 5.92 Å². The Bertz CT molecular complexity index is 1480. The fraction of sp³-hybridized carbons (Fsp3) is 0.375. The summed E-state index contributed by atoms with van der Waals surface area (Å²) in [6, 6.07) is 18.7. The second kappa shape index (κ2) is 10.2. The zero-order chi connectivity index (χ0) is 26.4. The third kappa shape index (κ3) is 4.75. The van der Waals surface area contributed by atoms with E-state index >= 15 is 0 Å². The molecule has 1 aliphatic carbocycles. The number of amides is 1. The molecule has 0 N–H and O–H groups in total. The van der Waals surface area contributed by atoms with Gasteiger partial charge in [-0.3, -0.25) is 9.36 Å². The summed E-state index contributed by atoms with van der Waals surface area (Å²) in [5.74, 6) is 2.68. The molecule has 2 aliphatic rings. The van der Waals surface area contributed by atoms with Crippen molar-refractivity contribution in [2.45, 2.75) is 58.4 Å². The van der Waals surface area contributed by atoms with Crippen LogP contribution in [0.5, 0.6) is 5.75 Å². The van der Waals surface area contributed by atoms with Crippen LogP contribution in [0.15, 0.2) is 59.1 Å². The van der Waals surface area contributed by atoms with Crippen LogP contribution < -0.4 is 4.74 Å². The molecule has 1 atom stereocenters. The maximum absolute atomic E-state index is 14.2. The maximum atomic E-state index is 14.2. The lowest BCUT2D eigenvalue weighted by Crippen LogP contribution is -2.40. The highest BCUT2D eigenvalue weighted by molar-refractivity contribution is 9.10. The van der Waals surface area contributed by atoms with E-state index in [1.165, 1.54) is 18.4 Å². The van der Waals surface area contributed by atoms with Gasteiger partial charge in [0.15, 0.2) is 0 Å². The molecule has 2 fully saturated rings. The van der Waals surface area contributed by atoms with Gasteiger partial charge in [0.1, 0.15) is 11.6 Å². The average molecular weight is 573 g/mol. The highest BCUT2D eigenvalue weighted by Crippen LogP contribution is 2.38. The molecule has 4 aromatic rings. The van der Waals surface area contributed by atoms with Gasteiger partial charge in [-0.2, -0.15) is 0 Å². The van der Waals surface area contributed by atoms with Crippen LogP contribution >= 0.6 is 15.9 Å². The maximum Gasteiger partial charge on any atom is 0.255 e. The highest BCUT2D eigenvalue weighted by Gasteiger charge is 2.34. The van der Waals surface area contributed by atoms with Crippen LogP contribution in [0.3, 0.4) is 0 Å². The first-order valence-electron chi connectivity index (χ1n) is 13.7. The summed E-state index contributed by atoms with van der Waals surface area (Å²) in [7, 11) is 1.68. The third-order valence-electron chi connectivity index (χ3n) is 8.06. The van der Waals surface area contributed by atoms with Crippen molar-refractivity contribution in [1.82, 2.24) is 14.5 Å². The molecule has 1 aliphatic heterocycles. The van der Waals surface area contributed by atoms with E-state index in [0.717, 1.165) is 87.6 Å². The number of hydrogen-bond acceptors (Lipinski definition) is 3. The minimum atomic E-state index is -0.102. The molecule has 3 aromatic carbocycles. The Morgan fingerprint density at radius 3 is 2.42 bits per heavy atom. The Kier molecular flexibility index (Phi) is 6.77. The lowest BCUT2D eigenvalue weighted by atomic mass is 9.93. The van der Waals surface area contributed by atoms with Gasteiger partial charge in [0.25, 0.3) is 5.91 Å². The smallest absolute Gasteiger partial charge is 0.255 e. The summed E-state index contributed by atoms with van der Waals surface area (Å²) < 4.78 is 8.61. The molecule has 6 rings (SSSR count). The fourth-order valence-electron chi connectivity index (χ4n) is 6.05. The van der Waals surface area contributed by atoms with Crippen molar-refractivity contribution >= 4 is 32.9 Å². The zero-order valence-electron chi connectivity index (χ0n) is 22.3. The van der Waals surface area contributed by atoms with Crippen LogP contribution in [-0.2, 0) is 6.42 Å². The SMILES string of the molecule is COc1ccc(-n2c(C3CCCCN3C(=O)c3c(C)cc(CC4CC4)cc3C)nc3cc(Br)ccc32)cc1. The molecule has 1 amide bonds. The molecule has 38 heavy (non-hydrogen) atoms. The number of ether oxygens (including phenoxy) is 1. The van der Waals surface area contributed by atoms with Crippen molar-refractivity contribution in [1.29, 1.82) is 0 Å². The number of aryl methyl sites for hydroxylation is 2. The summed E-state index contributed by atoms with van der Waals surface area (Å²) in [5.41, 5.74) is 7.35. The summed E-state index contributed by atoms with van der Waals surface area (Å²) in [5, 5.41) is 0. The molecular weight excluding hydrogens is 538 g/mol. The Balaban J connectivity index is 1.43. The largest absolute Gasteiger partial charge is 0.497 e. The summed E-state index contributed by atoms with van der Waals surface area (Å²) in [6.45, 7) is 4.93. The predicted octanol–water partition coefficient (Wildman–Crippen LogP) is 7.73. The number of likely N-dealkylation sites (tertiary alicyclic amines) is 1. The molecule has 6 heteroatoms. The van der Waals surface area contributed by atoms with Gasteiger partial charge in [0.2, 0.25) is 0 Å². The number of imidazole rings is 1. The number of carbonyl (C=O) groups excluding carboxylic acids is 1. The van der Waals surface area contributed by atoms with Crippen LogP contribution in [0.25, 0.3) is 16.7 Å². The van der Waals surface area contributed by atoms with E-state index in [2.05, 4.69) is 75.6 Å². The van der Waals surface area contributed by atoms with Gasteiger partial charge in [-0.25, -0.2) is 4.98 Å². The Morgan fingerprint density at radius 2 is 1.74 bits per heavy atom. The van der Waals surface area contributed by atoms with E-state index in [4.69, 9.17) is 9.72 Å². The number of carbonyl (C=O) groups is 1. The van der Waals surface area contributed by atoms with Crippen molar-refractivity contribution in [3.63, 3.8) is 0 Å². The number of aromatic nitrogens is 2. The molecule has 5 nitrogen and oxygen atoms in total. The van der Waals surface area contributed by atoms with Gasteiger partial charge in [-0.05, 0) is 117 Å². The van der Waals surface area contributed by atoms with Gasteiger partial charge in [0.05, 0.1) is 24.2 Å². The van der Waals surface area contributed by atoms with Crippen molar-refractivity contribution in [3.8, 4) is 11.4 Å². The molecule has 0 radical (unpaired) electrons.